The maximum atomic E-state index is 13.0. The summed E-state index contributed by atoms with van der Waals surface area (Å²) in [6, 6.07) is 16.8. The molecular formula is C25H22ClN3O5S2. The Hall–Kier alpha value is -3.31. The van der Waals surface area contributed by atoms with Crippen LogP contribution >= 0.6 is 22.9 Å². The van der Waals surface area contributed by atoms with Gasteiger partial charge in [-0.3, -0.25) is 4.79 Å². The van der Waals surface area contributed by atoms with Gasteiger partial charge < -0.3 is 10.1 Å². The molecule has 4 rings (SSSR count). The van der Waals surface area contributed by atoms with E-state index in [-0.39, 0.29) is 10.5 Å². The predicted octanol–water partition coefficient (Wildman–Crippen LogP) is 4.97. The van der Waals surface area contributed by atoms with Crippen molar-refractivity contribution in [2.24, 2.45) is 0 Å². The van der Waals surface area contributed by atoms with Crippen molar-refractivity contribution in [3.63, 3.8) is 0 Å². The van der Waals surface area contributed by atoms with Crippen LogP contribution in [0.4, 0.5) is 5.69 Å². The van der Waals surface area contributed by atoms with Gasteiger partial charge in [0.2, 0.25) is 10.0 Å². The summed E-state index contributed by atoms with van der Waals surface area (Å²) >= 11 is 7.40. The molecule has 1 N–H and O–H groups in total. The van der Waals surface area contributed by atoms with E-state index in [4.69, 9.17) is 16.3 Å². The molecule has 2 heterocycles. The minimum Gasteiger partial charge on any atom is -0.452 e. The average Bonchev–Trinajstić information content (AvgIpc) is 3.29. The summed E-state index contributed by atoms with van der Waals surface area (Å²) < 4.78 is 31.8. The zero-order valence-electron chi connectivity index (χ0n) is 19.6. The van der Waals surface area contributed by atoms with E-state index in [1.807, 2.05) is 12.1 Å². The van der Waals surface area contributed by atoms with E-state index in [9.17, 15) is 18.0 Å². The molecule has 1 amide bonds. The number of anilines is 1. The molecule has 36 heavy (non-hydrogen) atoms. The second kappa shape index (κ2) is 10.4. The van der Waals surface area contributed by atoms with Gasteiger partial charge in [0.15, 0.2) is 6.61 Å². The molecule has 0 fully saturated rings. The third-order valence-electron chi connectivity index (χ3n) is 5.36. The number of benzene rings is 2. The predicted molar refractivity (Wildman–Crippen MR) is 141 cm³/mol. The van der Waals surface area contributed by atoms with E-state index in [0.29, 0.717) is 32.2 Å². The minimum absolute atomic E-state index is 0.0369. The molecule has 0 atom stereocenters. The molecule has 0 bridgehead atoms. The Bertz CT molecular complexity index is 1580. The van der Waals surface area contributed by atoms with Crippen LogP contribution in [0.2, 0.25) is 4.34 Å². The second-order valence-electron chi connectivity index (χ2n) is 8.06. The number of hydrogen-bond acceptors (Lipinski definition) is 7. The summed E-state index contributed by atoms with van der Waals surface area (Å²) in [4.78, 5) is 31.0. The van der Waals surface area contributed by atoms with Crippen molar-refractivity contribution >= 4 is 61.4 Å². The Kier molecular flexibility index (Phi) is 7.41. The number of para-hydroxylation sites is 1. The Balaban J connectivity index is 1.53. The number of carbonyl (C=O) groups excluding carboxylic acids is 2. The van der Waals surface area contributed by atoms with Crippen LogP contribution in [0.1, 0.15) is 15.9 Å². The van der Waals surface area contributed by atoms with Crippen LogP contribution in [0.3, 0.4) is 0 Å². The van der Waals surface area contributed by atoms with Crippen molar-refractivity contribution in [1.82, 2.24) is 9.29 Å². The number of thiophene rings is 1. The molecular weight excluding hydrogens is 522 g/mol. The average molecular weight is 544 g/mol. The fourth-order valence-corrected chi connectivity index (χ4v) is 5.36. The molecule has 0 aliphatic rings. The zero-order chi connectivity index (χ0) is 26.0. The summed E-state index contributed by atoms with van der Waals surface area (Å²) in [6.45, 7) is 1.18. The first kappa shape index (κ1) is 25.8. The highest BCUT2D eigenvalue weighted by Gasteiger charge is 2.20. The molecule has 0 radical (unpaired) electrons. The fraction of sp³-hybridized carbons (Fsp3) is 0.160. The Labute approximate surface area is 217 Å². The number of fused-ring (bicyclic) bond motifs is 1. The number of carbonyl (C=O) groups is 2. The molecule has 0 unspecified atom stereocenters. The summed E-state index contributed by atoms with van der Waals surface area (Å²) in [5, 5.41) is 3.21. The van der Waals surface area contributed by atoms with E-state index in [1.54, 1.807) is 43.3 Å². The zero-order valence-corrected chi connectivity index (χ0v) is 22.0. The first-order valence-electron chi connectivity index (χ1n) is 10.7. The lowest BCUT2D eigenvalue weighted by atomic mass is 10.1. The number of aryl methyl sites for hydroxylation is 1. The normalized spacial score (nSPS) is 11.6. The van der Waals surface area contributed by atoms with Crippen LogP contribution < -0.4 is 5.32 Å². The highest BCUT2D eigenvalue weighted by Crippen LogP contribution is 2.32. The maximum absolute atomic E-state index is 13.0. The van der Waals surface area contributed by atoms with Gasteiger partial charge >= 0.3 is 5.97 Å². The number of sulfonamides is 1. The lowest BCUT2D eigenvalue weighted by Gasteiger charge is -2.14. The van der Waals surface area contributed by atoms with Crippen LogP contribution in [0.5, 0.6) is 0 Å². The van der Waals surface area contributed by atoms with Crippen molar-refractivity contribution < 1.29 is 22.7 Å². The molecule has 0 spiro atoms. The molecule has 0 aliphatic carbocycles. The summed E-state index contributed by atoms with van der Waals surface area (Å²) in [5.41, 5.74) is 2.40. The standard InChI is InChI=1S/C25H22ClN3O5S2/c1-15-8-9-16(36(32,33)29(2)3)12-20(15)28-24(30)14-34-25(31)18-13-21(22-10-11-23(26)35-22)27-19-7-5-4-6-17(18)19/h4-13H,14H2,1-3H3,(H,28,30). The molecule has 2 aromatic heterocycles. The van der Waals surface area contributed by atoms with Crippen LogP contribution in [0.15, 0.2) is 65.6 Å². The second-order valence-corrected chi connectivity index (χ2v) is 11.9. The lowest BCUT2D eigenvalue weighted by molar-refractivity contribution is -0.119. The van der Waals surface area contributed by atoms with Crippen LogP contribution in [-0.4, -0.2) is 50.3 Å². The number of rotatable bonds is 7. The number of ether oxygens (including phenoxy) is 1. The van der Waals surface area contributed by atoms with Gasteiger partial charge in [0.1, 0.15) is 0 Å². The highest BCUT2D eigenvalue weighted by atomic mass is 35.5. The van der Waals surface area contributed by atoms with Crippen molar-refractivity contribution in [2.75, 3.05) is 26.0 Å². The van der Waals surface area contributed by atoms with Gasteiger partial charge in [-0.2, -0.15) is 0 Å². The van der Waals surface area contributed by atoms with E-state index in [2.05, 4.69) is 10.3 Å². The monoisotopic (exact) mass is 543 g/mol. The summed E-state index contributed by atoms with van der Waals surface area (Å²) in [5.74, 6) is -1.29. The quantitative estimate of drug-likeness (QED) is 0.330. The minimum atomic E-state index is -3.68. The molecule has 2 aromatic carbocycles. The Morgan fingerprint density at radius 1 is 1.08 bits per heavy atom. The number of pyridine rings is 1. The van der Waals surface area contributed by atoms with Crippen molar-refractivity contribution in [3.8, 4) is 10.6 Å². The van der Waals surface area contributed by atoms with E-state index < -0.39 is 28.5 Å². The third kappa shape index (κ3) is 5.41. The van der Waals surface area contributed by atoms with E-state index in [1.165, 1.54) is 37.6 Å². The maximum Gasteiger partial charge on any atom is 0.339 e. The van der Waals surface area contributed by atoms with E-state index >= 15 is 0 Å². The van der Waals surface area contributed by atoms with Crippen LogP contribution in [0.25, 0.3) is 21.5 Å². The lowest BCUT2D eigenvalue weighted by Crippen LogP contribution is -2.24. The smallest absolute Gasteiger partial charge is 0.339 e. The van der Waals surface area contributed by atoms with Gasteiger partial charge in [0.05, 0.1) is 30.9 Å². The fourth-order valence-electron chi connectivity index (χ4n) is 3.42. The van der Waals surface area contributed by atoms with Crippen molar-refractivity contribution in [3.05, 3.63) is 76.1 Å². The number of aromatic nitrogens is 1. The molecule has 0 saturated heterocycles. The van der Waals surface area contributed by atoms with Gasteiger partial charge in [0, 0.05) is 25.2 Å². The van der Waals surface area contributed by atoms with Crippen molar-refractivity contribution in [1.29, 1.82) is 0 Å². The molecule has 11 heteroatoms. The number of nitrogens with one attached hydrogen (secondary N) is 1. The van der Waals surface area contributed by atoms with Crippen LogP contribution in [-0.2, 0) is 19.6 Å². The summed E-state index contributed by atoms with van der Waals surface area (Å²) in [7, 11) is -0.827. The molecule has 8 nitrogen and oxygen atoms in total. The van der Waals surface area contributed by atoms with Crippen LogP contribution in [0, 0.1) is 6.92 Å². The van der Waals surface area contributed by atoms with Gasteiger partial charge in [0.25, 0.3) is 5.91 Å². The topological polar surface area (TPSA) is 106 Å². The number of hydrogen-bond donors (Lipinski definition) is 1. The molecule has 186 valence electrons. The number of halogens is 1. The number of esters is 1. The molecule has 0 saturated carbocycles. The Morgan fingerprint density at radius 3 is 2.53 bits per heavy atom. The third-order valence-corrected chi connectivity index (χ3v) is 8.42. The van der Waals surface area contributed by atoms with Gasteiger partial charge in [-0.25, -0.2) is 22.5 Å². The Morgan fingerprint density at radius 2 is 1.83 bits per heavy atom. The molecule has 4 aromatic rings. The molecule has 0 aliphatic heterocycles. The van der Waals surface area contributed by atoms with Gasteiger partial charge in [-0.15, -0.1) is 11.3 Å². The number of amides is 1. The highest BCUT2D eigenvalue weighted by molar-refractivity contribution is 7.89. The SMILES string of the molecule is Cc1ccc(S(=O)(=O)N(C)C)cc1NC(=O)COC(=O)c1cc(-c2ccc(Cl)s2)nc2ccccc12. The summed E-state index contributed by atoms with van der Waals surface area (Å²) in [6.07, 6.45) is 0. The number of nitrogens with zero attached hydrogens (tertiary/aromatic N) is 2. The van der Waals surface area contributed by atoms with Gasteiger partial charge in [-0.1, -0.05) is 35.9 Å². The first-order chi connectivity index (χ1) is 17.1. The van der Waals surface area contributed by atoms with E-state index in [0.717, 1.165) is 9.18 Å². The first-order valence-corrected chi connectivity index (χ1v) is 13.4. The largest absolute Gasteiger partial charge is 0.452 e. The van der Waals surface area contributed by atoms with Crippen molar-refractivity contribution in [2.45, 2.75) is 11.8 Å². The van der Waals surface area contributed by atoms with Gasteiger partial charge in [-0.05, 0) is 48.9 Å².